The van der Waals surface area contributed by atoms with Crippen LogP contribution in [0.15, 0.2) is 53.2 Å². The molecule has 1 aliphatic heterocycles. The molecule has 0 bridgehead atoms. The van der Waals surface area contributed by atoms with E-state index in [0.29, 0.717) is 37.0 Å². The summed E-state index contributed by atoms with van der Waals surface area (Å²) in [4.78, 5) is 22.9. The van der Waals surface area contributed by atoms with Crippen LogP contribution in [0.4, 0.5) is 5.82 Å². The van der Waals surface area contributed by atoms with Crippen LogP contribution < -0.4 is 5.32 Å². The maximum Gasteiger partial charge on any atom is 0.261 e. The maximum absolute atomic E-state index is 12.4. The Hall–Kier alpha value is -3.22. The van der Waals surface area contributed by atoms with E-state index in [0.717, 1.165) is 11.1 Å². The molecule has 1 aromatic carbocycles. The van der Waals surface area contributed by atoms with Crippen molar-refractivity contribution in [3.63, 3.8) is 0 Å². The number of carbonyl (C=O) groups is 1. The molecule has 7 heteroatoms. The molecule has 1 N–H and O–H groups in total. The normalized spacial score (nSPS) is 16.9. The van der Waals surface area contributed by atoms with Gasteiger partial charge in [-0.25, -0.2) is 4.98 Å². The van der Waals surface area contributed by atoms with E-state index in [4.69, 9.17) is 4.52 Å². The first-order chi connectivity index (χ1) is 12.7. The molecular formula is C19H19N5O2. The van der Waals surface area contributed by atoms with Crippen LogP contribution in [0.3, 0.4) is 0 Å². The first kappa shape index (κ1) is 16.3. The number of aromatic nitrogens is 3. The summed E-state index contributed by atoms with van der Waals surface area (Å²) in [7, 11) is 0. The van der Waals surface area contributed by atoms with Crippen LogP contribution >= 0.6 is 0 Å². The largest absolute Gasteiger partial charge is 0.364 e. The number of likely N-dealkylation sites (tertiary alicyclic amines) is 1. The van der Waals surface area contributed by atoms with Crippen LogP contribution in [0.1, 0.15) is 17.8 Å². The zero-order chi connectivity index (χ0) is 17.9. The average molecular weight is 349 g/mol. The molecule has 0 radical (unpaired) electrons. The van der Waals surface area contributed by atoms with Crippen LogP contribution in [0.5, 0.6) is 0 Å². The Morgan fingerprint density at radius 2 is 2.08 bits per heavy atom. The third-order valence-corrected chi connectivity index (χ3v) is 4.34. The first-order valence-corrected chi connectivity index (χ1v) is 8.53. The highest BCUT2D eigenvalue weighted by Crippen LogP contribution is 2.26. The highest BCUT2D eigenvalue weighted by atomic mass is 16.5. The number of nitrogens with zero attached hydrogens (tertiary/aromatic N) is 4. The van der Waals surface area contributed by atoms with Gasteiger partial charge in [0, 0.05) is 25.7 Å². The monoisotopic (exact) mass is 349 g/mol. The lowest BCUT2D eigenvalue weighted by molar-refractivity contribution is -0.128. The molecule has 1 amide bonds. The Morgan fingerprint density at radius 3 is 2.85 bits per heavy atom. The predicted molar refractivity (Wildman–Crippen MR) is 96.2 cm³/mol. The third kappa shape index (κ3) is 3.42. The van der Waals surface area contributed by atoms with E-state index in [9.17, 15) is 4.79 Å². The zero-order valence-electron chi connectivity index (χ0n) is 14.4. The van der Waals surface area contributed by atoms with Gasteiger partial charge in [0.2, 0.25) is 5.91 Å². The minimum absolute atomic E-state index is 0.0103. The molecule has 2 aromatic heterocycles. The molecule has 7 nitrogen and oxygen atoms in total. The fourth-order valence-electron chi connectivity index (χ4n) is 3.12. The van der Waals surface area contributed by atoms with Gasteiger partial charge in [0.15, 0.2) is 5.82 Å². The van der Waals surface area contributed by atoms with Gasteiger partial charge in [-0.05, 0) is 24.6 Å². The Morgan fingerprint density at radius 1 is 1.23 bits per heavy atom. The maximum atomic E-state index is 12.4. The SMILES string of the molecule is Cc1noc(-c2cccnc2NC2CC(=O)N(Cc3ccccc3)C2)n1. The van der Waals surface area contributed by atoms with E-state index >= 15 is 0 Å². The number of amides is 1. The van der Waals surface area contributed by atoms with Crippen molar-refractivity contribution in [1.82, 2.24) is 20.0 Å². The molecule has 4 rings (SSSR count). The number of benzene rings is 1. The molecule has 1 fully saturated rings. The average Bonchev–Trinajstić information content (AvgIpc) is 3.22. The Balaban J connectivity index is 1.48. The highest BCUT2D eigenvalue weighted by Gasteiger charge is 2.30. The number of pyridine rings is 1. The lowest BCUT2D eigenvalue weighted by Gasteiger charge is -2.18. The van der Waals surface area contributed by atoms with Crippen molar-refractivity contribution < 1.29 is 9.32 Å². The van der Waals surface area contributed by atoms with Crippen LogP contribution in [-0.2, 0) is 11.3 Å². The van der Waals surface area contributed by atoms with Crippen LogP contribution in [0, 0.1) is 6.92 Å². The minimum Gasteiger partial charge on any atom is -0.364 e. The molecule has 0 aliphatic carbocycles. The second kappa shape index (κ2) is 6.95. The predicted octanol–water partition coefficient (Wildman–Crippen LogP) is 2.65. The van der Waals surface area contributed by atoms with Crippen molar-refractivity contribution in [3.05, 3.63) is 60.0 Å². The van der Waals surface area contributed by atoms with Gasteiger partial charge in [-0.3, -0.25) is 4.79 Å². The van der Waals surface area contributed by atoms with Crippen molar-refractivity contribution in [1.29, 1.82) is 0 Å². The molecule has 26 heavy (non-hydrogen) atoms. The van der Waals surface area contributed by atoms with E-state index in [1.54, 1.807) is 13.1 Å². The van der Waals surface area contributed by atoms with Gasteiger partial charge >= 0.3 is 0 Å². The van der Waals surface area contributed by atoms with Gasteiger partial charge in [0.1, 0.15) is 5.82 Å². The van der Waals surface area contributed by atoms with Gasteiger partial charge in [-0.2, -0.15) is 4.98 Å². The van der Waals surface area contributed by atoms with Gasteiger partial charge in [0.05, 0.1) is 11.6 Å². The molecule has 132 valence electrons. The molecule has 1 unspecified atom stereocenters. The zero-order valence-corrected chi connectivity index (χ0v) is 14.4. The van der Waals surface area contributed by atoms with Gasteiger partial charge in [-0.15, -0.1) is 0 Å². The number of nitrogens with one attached hydrogen (secondary N) is 1. The molecule has 1 saturated heterocycles. The fourth-order valence-corrected chi connectivity index (χ4v) is 3.12. The van der Waals surface area contributed by atoms with Gasteiger partial charge < -0.3 is 14.7 Å². The second-order valence-corrected chi connectivity index (χ2v) is 6.35. The first-order valence-electron chi connectivity index (χ1n) is 8.53. The lowest BCUT2D eigenvalue weighted by Crippen LogP contribution is -2.27. The topological polar surface area (TPSA) is 84.2 Å². The second-order valence-electron chi connectivity index (χ2n) is 6.35. The highest BCUT2D eigenvalue weighted by molar-refractivity contribution is 5.80. The summed E-state index contributed by atoms with van der Waals surface area (Å²) in [6.45, 7) is 3.02. The third-order valence-electron chi connectivity index (χ3n) is 4.34. The molecule has 3 heterocycles. The molecular weight excluding hydrogens is 330 g/mol. The number of aryl methyl sites for hydroxylation is 1. The molecule has 0 spiro atoms. The number of carbonyl (C=O) groups excluding carboxylic acids is 1. The molecule has 0 saturated carbocycles. The number of hydrogen-bond donors (Lipinski definition) is 1. The Kier molecular flexibility index (Phi) is 4.35. The van der Waals surface area contributed by atoms with E-state index in [1.807, 2.05) is 47.4 Å². The summed E-state index contributed by atoms with van der Waals surface area (Å²) >= 11 is 0. The molecule has 1 aliphatic rings. The van der Waals surface area contributed by atoms with Crippen molar-refractivity contribution in [2.45, 2.75) is 25.9 Å². The van der Waals surface area contributed by atoms with Crippen LogP contribution in [0.25, 0.3) is 11.5 Å². The standard InChI is InChI=1S/C19H19N5O2/c1-13-21-19(26-23-13)16-8-5-9-20-18(16)22-15-10-17(25)24(12-15)11-14-6-3-2-4-7-14/h2-9,15H,10-12H2,1H3,(H,20,22). The summed E-state index contributed by atoms with van der Waals surface area (Å²) < 4.78 is 5.26. The number of rotatable bonds is 5. The van der Waals surface area contributed by atoms with Crippen LogP contribution in [0.2, 0.25) is 0 Å². The van der Waals surface area contributed by atoms with Crippen molar-refractivity contribution in [2.75, 3.05) is 11.9 Å². The summed E-state index contributed by atoms with van der Waals surface area (Å²) in [5, 5.41) is 7.19. The molecule has 3 aromatic rings. The number of anilines is 1. The summed E-state index contributed by atoms with van der Waals surface area (Å²) in [6, 6.07) is 13.7. The van der Waals surface area contributed by atoms with Gasteiger partial charge in [-0.1, -0.05) is 35.5 Å². The smallest absolute Gasteiger partial charge is 0.261 e. The fraction of sp³-hybridized carbons (Fsp3) is 0.263. The summed E-state index contributed by atoms with van der Waals surface area (Å²) in [6.07, 6.45) is 2.14. The van der Waals surface area contributed by atoms with Crippen LogP contribution in [-0.4, -0.2) is 38.5 Å². The van der Waals surface area contributed by atoms with E-state index in [1.165, 1.54) is 0 Å². The van der Waals surface area contributed by atoms with Crippen molar-refractivity contribution >= 4 is 11.7 Å². The van der Waals surface area contributed by atoms with E-state index in [2.05, 4.69) is 20.4 Å². The summed E-state index contributed by atoms with van der Waals surface area (Å²) in [5.74, 6) is 1.77. The molecule has 1 atom stereocenters. The lowest BCUT2D eigenvalue weighted by atomic mass is 10.2. The van der Waals surface area contributed by atoms with E-state index in [-0.39, 0.29) is 11.9 Å². The van der Waals surface area contributed by atoms with Gasteiger partial charge in [0.25, 0.3) is 5.89 Å². The van der Waals surface area contributed by atoms with E-state index < -0.39 is 0 Å². The minimum atomic E-state index is -0.0103. The quantitative estimate of drug-likeness (QED) is 0.762. The number of hydrogen-bond acceptors (Lipinski definition) is 6. The Bertz CT molecular complexity index is 909. The van der Waals surface area contributed by atoms with Crippen molar-refractivity contribution in [3.8, 4) is 11.5 Å². The summed E-state index contributed by atoms with van der Waals surface area (Å²) in [5.41, 5.74) is 1.86. The Labute approximate surface area is 151 Å². The van der Waals surface area contributed by atoms with Crippen molar-refractivity contribution in [2.24, 2.45) is 0 Å².